The molecule has 0 aliphatic heterocycles. The smallest absolute Gasteiger partial charge is 0.0221 e. The van der Waals surface area contributed by atoms with E-state index in [1.165, 1.54) is 51.0 Å². The van der Waals surface area contributed by atoms with Gasteiger partial charge in [-0.25, -0.2) is 0 Å². The number of hydrogen-bond acceptors (Lipinski definition) is 0. The quantitative estimate of drug-likeness (QED) is 0.349. The first kappa shape index (κ1) is 23.1. The molecule has 4 rings (SSSR count). The van der Waals surface area contributed by atoms with Crippen LogP contribution in [0.1, 0.15) is 63.6 Å². The van der Waals surface area contributed by atoms with Gasteiger partial charge in [-0.05, 0) is 76.6 Å². The zero-order chi connectivity index (χ0) is 23.4. The van der Waals surface area contributed by atoms with E-state index >= 15 is 0 Å². The van der Waals surface area contributed by atoms with Crippen LogP contribution in [0.5, 0.6) is 0 Å². The lowest BCUT2D eigenvalue weighted by Crippen LogP contribution is -2.26. The van der Waals surface area contributed by atoms with Crippen LogP contribution >= 0.6 is 0 Å². The Labute approximate surface area is 200 Å². The highest BCUT2D eigenvalue weighted by atomic mass is 14.5. The van der Waals surface area contributed by atoms with Crippen molar-refractivity contribution in [2.75, 3.05) is 0 Å². The molecule has 0 bridgehead atoms. The van der Waals surface area contributed by atoms with Crippen molar-refractivity contribution >= 4 is 11.1 Å². The Morgan fingerprint density at radius 3 is 2.12 bits per heavy atom. The van der Waals surface area contributed by atoms with Crippen LogP contribution in [0, 0.1) is 5.92 Å². The zero-order valence-corrected chi connectivity index (χ0v) is 20.6. The second kappa shape index (κ2) is 9.79. The zero-order valence-electron chi connectivity index (χ0n) is 20.6. The van der Waals surface area contributed by atoms with Crippen molar-refractivity contribution in [3.8, 4) is 11.1 Å². The summed E-state index contributed by atoms with van der Waals surface area (Å²) in [5.41, 5.74) is 11.0. The van der Waals surface area contributed by atoms with Crippen LogP contribution in [-0.4, -0.2) is 0 Å². The highest BCUT2D eigenvalue weighted by Crippen LogP contribution is 2.59. The van der Waals surface area contributed by atoms with Gasteiger partial charge < -0.3 is 0 Å². The van der Waals surface area contributed by atoms with Crippen LogP contribution in [0.25, 0.3) is 22.3 Å². The highest BCUT2D eigenvalue weighted by molar-refractivity contribution is 6.00. The van der Waals surface area contributed by atoms with Crippen LogP contribution < -0.4 is 0 Å². The number of allylic oxidation sites excluding steroid dienone is 5. The van der Waals surface area contributed by atoms with Gasteiger partial charge in [0.15, 0.2) is 0 Å². The molecule has 168 valence electrons. The third kappa shape index (κ3) is 4.15. The molecular weight excluding hydrogens is 396 g/mol. The molecule has 0 fully saturated rings. The van der Waals surface area contributed by atoms with E-state index in [4.69, 9.17) is 0 Å². The molecule has 3 aromatic rings. The molecule has 1 unspecified atom stereocenters. The topological polar surface area (TPSA) is 0 Å². The van der Waals surface area contributed by atoms with Crippen LogP contribution in [0.2, 0.25) is 0 Å². The Kier molecular flexibility index (Phi) is 6.84. The average Bonchev–Trinajstić information content (AvgIpc) is 3.13. The minimum Gasteiger partial charge on any atom is -0.0990 e. The van der Waals surface area contributed by atoms with Gasteiger partial charge in [-0.3, -0.25) is 0 Å². The molecule has 0 radical (unpaired) electrons. The SMILES string of the molecule is C=C/C=C1\C(=C(/C)c2ccccc2)C(CC)(CCC(C)C)c2c1cccc2-c1ccccc1. The summed E-state index contributed by atoms with van der Waals surface area (Å²) in [4.78, 5) is 0. The van der Waals surface area contributed by atoms with Crippen LogP contribution in [-0.2, 0) is 5.41 Å². The fraction of sp³-hybridized carbons (Fsp3) is 0.273. The number of fused-ring (bicyclic) bond motifs is 1. The monoisotopic (exact) mass is 432 g/mol. The lowest BCUT2D eigenvalue weighted by molar-refractivity contribution is 0.410. The van der Waals surface area contributed by atoms with Gasteiger partial charge in [0, 0.05) is 5.41 Å². The van der Waals surface area contributed by atoms with E-state index < -0.39 is 0 Å². The van der Waals surface area contributed by atoms with Gasteiger partial charge >= 0.3 is 0 Å². The Hall–Kier alpha value is -3.12. The minimum atomic E-state index is -0.0270. The van der Waals surface area contributed by atoms with Crippen LogP contribution in [0.4, 0.5) is 0 Å². The maximum absolute atomic E-state index is 4.09. The van der Waals surface area contributed by atoms with E-state index in [9.17, 15) is 0 Å². The van der Waals surface area contributed by atoms with Gasteiger partial charge in [-0.15, -0.1) is 0 Å². The van der Waals surface area contributed by atoms with Crippen molar-refractivity contribution in [1.29, 1.82) is 0 Å². The van der Waals surface area contributed by atoms with Crippen molar-refractivity contribution in [1.82, 2.24) is 0 Å². The van der Waals surface area contributed by atoms with Gasteiger partial charge in [-0.2, -0.15) is 0 Å². The van der Waals surface area contributed by atoms with E-state index in [-0.39, 0.29) is 5.41 Å². The molecule has 0 amide bonds. The molecule has 1 aliphatic carbocycles. The van der Waals surface area contributed by atoms with Crippen molar-refractivity contribution in [3.05, 3.63) is 120 Å². The summed E-state index contributed by atoms with van der Waals surface area (Å²) in [7, 11) is 0. The number of rotatable bonds is 7. The van der Waals surface area contributed by atoms with Gasteiger partial charge in [0.1, 0.15) is 0 Å². The summed E-state index contributed by atoms with van der Waals surface area (Å²) >= 11 is 0. The van der Waals surface area contributed by atoms with Crippen molar-refractivity contribution in [2.45, 2.75) is 52.4 Å². The fourth-order valence-electron chi connectivity index (χ4n) is 5.67. The number of benzene rings is 3. The molecule has 0 N–H and O–H groups in total. The average molecular weight is 433 g/mol. The first-order valence-corrected chi connectivity index (χ1v) is 12.3. The summed E-state index contributed by atoms with van der Waals surface area (Å²) in [6.45, 7) is 13.5. The molecule has 1 aliphatic rings. The van der Waals surface area contributed by atoms with Crippen molar-refractivity contribution in [3.63, 3.8) is 0 Å². The summed E-state index contributed by atoms with van der Waals surface area (Å²) < 4.78 is 0. The first-order chi connectivity index (χ1) is 16.0. The first-order valence-electron chi connectivity index (χ1n) is 12.3. The van der Waals surface area contributed by atoms with Crippen LogP contribution in [0.3, 0.4) is 0 Å². The number of hydrogen-bond donors (Lipinski definition) is 0. The maximum Gasteiger partial charge on any atom is 0.0221 e. The highest BCUT2D eigenvalue weighted by Gasteiger charge is 2.46. The van der Waals surface area contributed by atoms with Crippen molar-refractivity contribution in [2.24, 2.45) is 5.92 Å². The van der Waals surface area contributed by atoms with Gasteiger partial charge in [-0.1, -0.05) is 118 Å². The summed E-state index contributed by atoms with van der Waals surface area (Å²) in [5, 5.41) is 0. The predicted octanol–water partition coefficient (Wildman–Crippen LogP) is 9.49. The molecule has 0 aromatic heterocycles. The lowest BCUT2D eigenvalue weighted by atomic mass is 9.68. The third-order valence-electron chi connectivity index (χ3n) is 7.28. The van der Waals surface area contributed by atoms with Gasteiger partial charge in [0.05, 0.1) is 0 Å². The molecule has 0 heteroatoms. The van der Waals surface area contributed by atoms with E-state index in [0.717, 1.165) is 12.8 Å². The third-order valence-corrected chi connectivity index (χ3v) is 7.28. The Morgan fingerprint density at radius 1 is 0.879 bits per heavy atom. The lowest BCUT2D eigenvalue weighted by Gasteiger charge is -2.35. The summed E-state index contributed by atoms with van der Waals surface area (Å²) in [5.74, 6) is 0.659. The predicted molar refractivity (Wildman–Crippen MR) is 145 cm³/mol. The largest absolute Gasteiger partial charge is 0.0990 e. The Balaban J connectivity index is 2.10. The normalized spacial score (nSPS) is 20.2. The van der Waals surface area contributed by atoms with E-state index in [1.54, 1.807) is 0 Å². The Morgan fingerprint density at radius 2 is 1.52 bits per heavy atom. The van der Waals surface area contributed by atoms with E-state index in [1.807, 2.05) is 6.08 Å². The summed E-state index contributed by atoms with van der Waals surface area (Å²) in [6.07, 6.45) is 7.61. The standard InChI is InChI=1S/C33H36/c1-6-15-29-30-21-14-20-28(27-18-12-9-13-19-27)32(30)33(7-2,23-22-24(3)4)31(29)25(5)26-16-10-8-11-17-26/h6,8-21,24H,1,7,22-23H2,2-5H3/b29-15-,31-25-. The molecule has 0 nitrogen and oxygen atoms in total. The molecule has 0 saturated heterocycles. The molecule has 33 heavy (non-hydrogen) atoms. The van der Waals surface area contributed by atoms with Crippen molar-refractivity contribution < 1.29 is 0 Å². The molecule has 3 aromatic carbocycles. The second-order valence-electron chi connectivity index (χ2n) is 9.64. The summed E-state index contributed by atoms with van der Waals surface area (Å²) in [6, 6.07) is 28.7. The minimum absolute atomic E-state index is 0.0270. The van der Waals surface area contributed by atoms with E-state index in [0.29, 0.717) is 5.92 Å². The van der Waals surface area contributed by atoms with E-state index in [2.05, 4.69) is 119 Å². The van der Waals surface area contributed by atoms with Crippen LogP contribution in [0.15, 0.2) is 103 Å². The molecule has 1 atom stereocenters. The second-order valence-corrected chi connectivity index (χ2v) is 9.64. The Bertz CT molecular complexity index is 1180. The molecule has 0 spiro atoms. The van der Waals surface area contributed by atoms with Gasteiger partial charge in [0.25, 0.3) is 0 Å². The molecule has 0 heterocycles. The molecular formula is C33H36. The van der Waals surface area contributed by atoms with Gasteiger partial charge in [0.2, 0.25) is 0 Å². The fourth-order valence-corrected chi connectivity index (χ4v) is 5.67. The molecule has 0 saturated carbocycles. The maximum atomic E-state index is 4.09.